The summed E-state index contributed by atoms with van der Waals surface area (Å²) in [6.07, 6.45) is 0. The van der Waals surface area contributed by atoms with E-state index in [1.54, 1.807) is 31.4 Å². The van der Waals surface area contributed by atoms with Crippen molar-refractivity contribution in [3.8, 4) is 5.75 Å². The Balaban J connectivity index is 1.89. The third-order valence-electron chi connectivity index (χ3n) is 4.38. The topological polar surface area (TPSA) is 81.6 Å². The summed E-state index contributed by atoms with van der Waals surface area (Å²) in [4.78, 5) is 12.8. The fraction of sp³-hybridized carbons (Fsp3) is 0.150. The number of para-hydroxylation sites is 2. The Morgan fingerprint density at radius 3 is 2.44 bits per heavy atom. The Labute approximate surface area is 146 Å². The summed E-state index contributed by atoms with van der Waals surface area (Å²) in [5, 5.41) is 3.22. The minimum Gasteiger partial charge on any atom is -0.497 e. The van der Waals surface area contributed by atoms with E-state index in [4.69, 9.17) is 16.3 Å². The Bertz CT molecular complexity index is 924. The van der Waals surface area contributed by atoms with E-state index in [0.29, 0.717) is 11.4 Å². The maximum Gasteiger partial charge on any atom is 0.248 e. The second kappa shape index (κ2) is 6.83. The van der Waals surface area contributed by atoms with E-state index in [1.807, 2.05) is 43.3 Å². The monoisotopic (exact) mass is 335 g/mol. The smallest absolute Gasteiger partial charge is 0.248 e. The van der Waals surface area contributed by atoms with Crippen LogP contribution in [-0.4, -0.2) is 13.0 Å². The number of rotatable bonds is 4. The van der Waals surface area contributed by atoms with E-state index >= 15 is 0 Å². The zero-order valence-corrected chi connectivity index (χ0v) is 14.3. The number of amides is 1. The van der Waals surface area contributed by atoms with E-state index < -0.39 is 5.92 Å². The molecular formula is C20H21N3O2. The van der Waals surface area contributed by atoms with E-state index in [-0.39, 0.29) is 5.91 Å². The highest BCUT2D eigenvalue weighted by molar-refractivity contribution is 5.99. The molecule has 5 nitrogen and oxygen atoms in total. The van der Waals surface area contributed by atoms with Crippen molar-refractivity contribution in [1.29, 1.82) is 0 Å². The highest BCUT2D eigenvalue weighted by Gasteiger charge is 2.22. The molecule has 25 heavy (non-hydrogen) atoms. The molecule has 1 atom stereocenters. The maximum atomic E-state index is 12.8. The van der Waals surface area contributed by atoms with Gasteiger partial charge in [0.1, 0.15) is 5.75 Å². The van der Waals surface area contributed by atoms with Crippen molar-refractivity contribution in [1.82, 2.24) is 0 Å². The third kappa shape index (κ3) is 3.27. The van der Waals surface area contributed by atoms with Gasteiger partial charge in [0.2, 0.25) is 5.91 Å². The average Bonchev–Trinajstić information content (AvgIpc) is 2.65. The largest absolute Gasteiger partial charge is 0.497 e. The van der Waals surface area contributed by atoms with E-state index in [9.17, 15) is 4.79 Å². The van der Waals surface area contributed by atoms with Gasteiger partial charge in [0.15, 0.2) is 0 Å². The number of hydrazine groups is 1. The second-order valence-electron chi connectivity index (χ2n) is 5.96. The molecule has 0 heterocycles. The lowest BCUT2D eigenvalue weighted by atomic mass is 9.96. The fourth-order valence-corrected chi connectivity index (χ4v) is 2.82. The summed E-state index contributed by atoms with van der Waals surface area (Å²) < 4.78 is 5.24. The van der Waals surface area contributed by atoms with Crippen molar-refractivity contribution in [3.05, 3.63) is 66.2 Å². The lowest BCUT2D eigenvalue weighted by molar-refractivity contribution is -0.119. The van der Waals surface area contributed by atoms with Gasteiger partial charge in [-0.2, -0.15) is 0 Å². The molecule has 5 heteroatoms. The molecule has 3 aromatic rings. The molecule has 0 aliphatic rings. The molecule has 0 unspecified atom stereocenters. The van der Waals surface area contributed by atoms with Gasteiger partial charge in [0, 0.05) is 0 Å². The summed E-state index contributed by atoms with van der Waals surface area (Å²) in [5.41, 5.74) is 7.78. The van der Waals surface area contributed by atoms with Crippen LogP contribution in [0.15, 0.2) is 60.7 Å². The standard InChI is InChI=1S/C20H21N3O2/c1-13(20(24)23(22)19-6-4-3-5-18(19)21)14-7-8-16-12-17(25-2)10-9-15(16)11-14/h3-13H,21-22H2,1-2H3/t13-/m0/s1. The molecule has 0 saturated heterocycles. The van der Waals surface area contributed by atoms with Gasteiger partial charge in [-0.15, -0.1) is 0 Å². The first kappa shape index (κ1) is 16.8. The summed E-state index contributed by atoms with van der Waals surface area (Å²) >= 11 is 0. The molecule has 0 aliphatic carbocycles. The van der Waals surface area contributed by atoms with Crippen LogP contribution in [0.3, 0.4) is 0 Å². The lowest BCUT2D eigenvalue weighted by Crippen LogP contribution is -2.40. The third-order valence-corrected chi connectivity index (χ3v) is 4.38. The molecule has 4 N–H and O–H groups in total. The molecule has 0 spiro atoms. The number of benzene rings is 3. The van der Waals surface area contributed by atoms with E-state index in [0.717, 1.165) is 27.1 Å². The van der Waals surface area contributed by atoms with Gasteiger partial charge >= 0.3 is 0 Å². The first-order valence-electron chi connectivity index (χ1n) is 8.02. The van der Waals surface area contributed by atoms with Crippen LogP contribution in [0.5, 0.6) is 5.75 Å². The Kier molecular flexibility index (Phi) is 4.59. The second-order valence-corrected chi connectivity index (χ2v) is 5.96. The highest BCUT2D eigenvalue weighted by Crippen LogP contribution is 2.28. The number of nitrogens with zero attached hydrogens (tertiary/aromatic N) is 1. The number of fused-ring (bicyclic) bond motifs is 1. The van der Waals surface area contributed by atoms with Crippen LogP contribution in [-0.2, 0) is 4.79 Å². The van der Waals surface area contributed by atoms with Crippen LogP contribution in [0.1, 0.15) is 18.4 Å². The molecule has 128 valence electrons. The molecule has 3 aromatic carbocycles. The predicted octanol–water partition coefficient (Wildman–Crippen LogP) is 3.44. The minimum atomic E-state index is -0.392. The number of carbonyl (C=O) groups excluding carboxylic acids is 1. The fourth-order valence-electron chi connectivity index (χ4n) is 2.82. The van der Waals surface area contributed by atoms with Gasteiger partial charge < -0.3 is 10.5 Å². The Morgan fingerprint density at radius 2 is 1.72 bits per heavy atom. The van der Waals surface area contributed by atoms with Crippen molar-refractivity contribution in [2.75, 3.05) is 17.9 Å². The molecule has 0 fully saturated rings. The molecule has 1 amide bonds. The van der Waals surface area contributed by atoms with Crippen molar-refractivity contribution in [2.45, 2.75) is 12.8 Å². The summed E-state index contributed by atoms with van der Waals surface area (Å²) in [5.74, 6) is 6.21. The summed E-state index contributed by atoms with van der Waals surface area (Å²) in [6.45, 7) is 1.84. The molecule has 0 aromatic heterocycles. The van der Waals surface area contributed by atoms with E-state index in [1.165, 1.54) is 0 Å². The van der Waals surface area contributed by atoms with Gasteiger partial charge in [-0.05, 0) is 47.5 Å². The number of nitrogen functional groups attached to an aromatic ring is 1. The average molecular weight is 335 g/mol. The van der Waals surface area contributed by atoms with Gasteiger partial charge in [-0.25, -0.2) is 10.9 Å². The SMILES string of the molecule is COc1ccc2cc([C@H](C)C(=O)N(N)c3ccccc3N)ccc2c1. The van der Waals surface area contributed by atoms with Crippen molar-refractivity contribution >= 4 is 28.1 Å². The number of methoxy groups -OCH3 is 1. The first-order valence-corrected chi connectivity index (χ1v) is 8.02. The first-order chi connectivity index (χ1) is 12.0. The maximum absolute atomic E-state index is 12.8. The molecular weight excluding hydrogens is 314 g/mol. The summed E-state index contributed by atoms with van der Waals surface area (Å²) in [6, 6.07) is 18.8. The molecule has 0 saturated carbocycles. The van der Waals surface area contributed by atoms with Crippen molar-refractivity contribution in [2.24, 2.45) is 5.84 Å². The zero-order valence-electron chi connectivity index (χ0n) is 14.3. The number of anilines is 2. The van der Waals surface area contributed by atoms with Crippen LogP contribution in [0, 0.1) is 0 Å². The van der Waals surface area contributed by atoms with Gasteiger partial charge in [0.25, 0.3) is 0 Å². The predicted molar refractivity (Wildman–Crippen MR) is 101 cm³/mol. The van der Waals surface area contributed by atoms with Crippen LogP contribution in [0.25, 0.3) is 10.8 Å². The Morgan fingerprint density at radius 1 is 1.04 bits per heavy atom. The lowest BCUT2D eigenvalue weighted by Gasteiger charge is -2.22. The normalized spacial score (nSPS) is 12.0. The molecule has 0 bridgehead atoms. The zero-order chi connectivity index (χ0) is 18.0. The number of nitrogens with two attached hydrogens (primary N) is 2. The number of hydrogen-bond donors (Lipinski definition) is 2. The van der Waals surface area contributed by atoms with Crippen molar-refractivity contribution < 1.29 is 9.53 Å². The van der Waals surface area contributed by atoms with Crippen LogP contribution >= 0.6 is 0 Å². The molecule has 0 radical (unpaired) electrons. The Hall–Kier alpha value is -3.05. The number of ether oxygens (including phenoxy) is 1. The number of hydrogen-bond acceptors (Lipinski definition) is 4. The van der Waals surface area contributed by atoms with Gasteiger partial charge in [-0.1, -0.05) is 36.4 Å². The minimum absolute atomic E-state index is 0.217. The van der Waals surface area contributed by atoms with E-state index in [2.05, 4.69) is 0 Å². The van der Waals surface area contributed by atoms with Crippen LogP contribution in [0.4, 0.5) is 11.4 Å². The van der Waals surface area contributed by atoms with Gasteiger partial charge in [-0.3, -0.25) is 4.79 Å². The molecule has 0 aliphatic heterocycles. The van der Waals surface area contributed by atoms with Crippen LogP contribution in [0.2, 0.25) is 0 Å². The summed E-state index contributed by atoms with van der Waals surface area (Å²) in [7, 11) is 1.64. The van der Waals surface area contributed by atoms with Crippen LogP contribution < -0.4 is 21.3 Å². The highest BCUT2D eigenvalue weighted by atomic mass is 16.5. The quantitative estimate of drug-likeness (QED) is 0.331. The van der Waals surface area contributed by atoms with Gasteiger partial charge in [0.05, 0.1) is 24.4 Å². The van der Waals surface area contributed by atoms with Crippen molar-refractivity contribution in [3.63, 3.8) is 0 Å². The molecule has 3 rings (SSSR count). The number of carbonyl (C=O) groups is 1.